The molecule has 8 heteroatoms. The maximum Gasteiger partial charge on any atom is 0.197 e. The van der Waals surface area contributed by atoms with Gasteiger partial charge in [0, 0.05) is 31.3 Å². The van der Waals surface area contributed by atoms with Crippen molar-refractivity contribution in [1.82, 2.24) is 30.3 Å². The Morgan fingerprint density at radius 2 is 2.21 bits per heavy atom. The molecule has 0 saturated heterocycles. The SMILES string of the molecule is c1coc(-c2nc3c(c(NCCn4ccnn4)n2)CCNCC3)c1. The van der Waals surface area contributed by atoms with Crippen molar-refractivity contribution in [2.24, 2.45) is 0 Å². The van der Waals surface area contributed by atoms with Crippen LogP contribution in [0.1, 0.15) is 11.3 Å². The molecule has 24 heavy (non-hydrogen) atoms. The molecule has 8 nitrogen and oxygen atoms in total. The molecular weight excluding hydrogens is 306 g/mol. The highest BCUT2D eigenvalue weighted by molar-refractivity contribution is 5.56. The van der Waals surface area contributed by atoms with Crippen LogP contribution >= 0.6 is 0 Å². The van der Waals surface area contributed by atoms with E-state index in [0.29, 0.717) is 11.6 Å². The van der Waals surface area contributed by atoms with Gasteiger partial charge in [-0.15, -0.1) is 5.10 Å². The van der Waals surface area contributed by atoms with Crippen LogP contribution in [0, 0.1) is 0 Å². The van der Waals surface area contributed by atoms with Crippen LogP contribution in [0.25, 0.3) is 11.6 Å². The van der Waals surface area contributed by atoms with E-state index in [4.69, 9.17) is 14.4 Å². The minimum atomic E-state index is 0.629. The molecule has 0 radical (unpaired) electrons. The van der Waals surface area contributed by atoms with Gasteiger partial charge in [-0.25, -0.2) is 9.97 Å². The van der Waals surface area contributed by atoms with Crippen molar-refractivity contribution in [3.05, 3.63) is 42.0 Å². The molecule has 1 aliphatic heterocycles. The topological polar surface area (TPSA) is 93.7 Å². The lowest BCUT2D eigenvalue weighted by atomic mass is 10.1. The summed E-state index contributed by atoms with van der Waals surface area (Å²) < 4.78 is 7.26. The van der Waals surface area contributed by atoms with Gasteiger partial charge >= 0.3 is 0 Å². The zero-order chi connectivity index (χ0) is 16.2. The van der Waals surface area contributed by atoms with Crippen LogP contribution < -0.4 is 10.6 Å². The van der Waals surface area contributed by atoms with Gasteiger partial charge in [-0.2, -0.15) is 0 Å². The molecule has 0 aliphatic carbocycles. The molecule has 0 atom stereocenters. The Morgan fingerprint density at radius 3 is 3.04 bits per heavy atom. The molecule has 0 saturated carbocycles. The highest BCUT2D eigenvalue weighted by Crippen LogP contribution is 2.24. The number of hydrogen-bond donors (Lipinski definition) is 2. The van der Waals surface area contributed by atoms with Gasteiger partial charge in [0.25, 0.3) is 0 Å². The van der Waals surface area contributed by atoms with Gasteiger partial charge in [0.05, 0.1) is 24.7 Å². The molecule has 0 spiro atoms. The number of furan rings is 1. The molecule has 124 valence electrons. The Bertz CT molecular complexity index is 783. The van der Waals surface area contributed by atoms with Crippen molar-refractivity contribution >= 4 is 5.82 Å². The lowest BCUT2D eigenvalue weighted by Crippen LogP contribution is -2.17. The monoisotopic (exact) mass is 325 g/mol. The summed E-state index contributed by atoms with van der Waals surface area (Å²) in [5, 5.41) is 14.6. The minimum Gasteiger partial charge on any atom is -0.461 e. The van der Waals surface area contributed by atoms with Crippen molar-refractivity contribution in [3.63, 3.8) is 0 Å². The van der Waals surface area contributed by atoms with Crippen LogP contribution in [0.2, 0.25) is 0 Å². The molecule has 3 aromatic heterocycles. The fourth-order valence-electron chi connectivity index (χ4n) is 2.85. The average molecular weight is 325 g/mol. The summed E-state index contributed by atoms with van der Waals surface area (Å²) in [6.07, 6.45) is 6.98. The summed E-state index contributed by atoms with van der Waals surface area (Å²) >= 11 is 0. The lowest BCUT2D eigenvalue weighted by molar-refractivity contribution is 0.576. The zero-order valence-corrected chi connectivity index (χ0v) is 13.3. The second kappa shape index (κ2) is 6.79. The van der Waals surface area contributed by atoms with Crippen LogP contribution in [-0.2, 0) is 19.4 Å². The van der Waals surface area contributed by atoms with Gasteiger partial charge < -0.3 is 15.1 Å². The summed E-state index contributed by atoms with van der Waals surface area (Å²) in [7, 11) is 0. The molecule has 0 fully saturated rings. The molecule has 0 bridgehead atoms. The van der Waals surface area contributed by atoms with Gasteiger partial charge in [-0.1, -0.05) is 5.21 Å². The Morgan fingerprint density at radius 1 is 1.25 bits per heavy atom. The van der Waals surface area contributed by atoms with Crippen LogP contribution in [0.5, 0.6) is 0 Å². The first-order valence-corrected chi connectivity index (χ1v) is 8.12. The quantitative estimate of drug-likeness (QED) is 0.726. The van der Waals surface area contributed by atoms with E-state index in [1.54, 1.807) is 17.1 Å². The molecule has 4 rings (SSSR count). The van der Waals surface area contributed by atoms with Crippen molar-refractivity contribution in [2.45, 2.75) is 19.4 Å². The molecule has 3 aromatic rings. The van der Waals surface area contributed by atoms with Crippen LogP contribution in [-0.4, -0.2) is 44.6 Å². The average Bonchev–Trinajstić information content (AvgIpc) is 3.25. The predicted molar refractivity (Wildman–Crippen MR) is 88.5 cm³/mol. The second-order valence-corrected chi connectivity index (χ2v) is 5.64. The van der Waals surface area contributed by atoms with Crippen molar-refractivity contribution in [1.29, 1.82) is 0 Å². The third-order valence-electron chi connectivity index (χ3n) is 4.03. The highest BCUT2D eigenvalue weighted by atomic mass is 16.3. The third kappa shape index (κ3) is 3.13. The van der Waals surface area contributed by atoms with Crippen molar-refractivity contribution < 1.29 is 4.42 Å². The van der Waals surface area contributed by atoms with E-state index in [0.717, 1.165) is 50.5 Å². The summed E-state index contributed by atoms with van der Waals surface area (Å²) in [5.74, 6) is 2.20. The Labute approximate surface area is 139 Å². The maximum absolute atomic E-state index is 5.47. The smallest absolute Gasteiger partial charge is 0.197 e. The van der Waals surface area contributed by atoms with Crippen LogP contribution in [0.15, 0.2) is 35.2 Å². The number of hydrogen-bond acceptors (Lipinski definition) is 7. The number of aromatic nitrogens is 5. The van der Waals surface area contributed by atoms with Gasteiger partial charge in [0.2, 0.25) is 0 Å². The largest absolute Gasteiger partial charge is 0.461 e. The number of nitrogens with zero attached hydrogens (tertiary/aromatic N) is 5. The summed E-state index contributed by atoms with van der Waals surface area (Å²) in [5.41, 5.74) is 2.28. The standard InChI is InChI=1S/C16H19N7O/c1-2-14(24-11-1)16-20-13-4-6-17-5-3-12(13)15(21-16)18-7-9-23-10-8-19-22-23/h1-2,8,10-11,17H,3-7,9H2,(H,18,20,21). The zero-order valence-electron chi connectivity index (χ0n) is 13.3. The molecule has 1 aliphatic rings. The van der Waals surface area contributed by atoms with E-state index >= 15 is 0 Å². The maximum atomic E-state index is 5.47. The van der Waals surface area contributed by atoms with E-state index in [1.165, 1.54) is 5.56 Å². The summed E-state index contributed by atoms with van der Waals surface area (Å²) in [4.78, 5) is 9.42. The second-order valence-electron chi connectivity index (χ2n) is 5.64. The van der Waals surface area contributed by atoms with Crippen molar-refractivity contribution in [3.8, 4) is 11.6 Å². The highest BCUT2D eigenvalue weighted by Gasteiger charge is 2.18. The molecule has 0 amide bonds. The first-order chi connectivity index (χ1) is 11.9. The fraction of sp³-hybridized carbons (Fsp3) is 0.375. The van der Waals surface area contributed by atoms with Gasteiger partial charge in [0.1, 0.15) is 5.82 Å². The first-order valence-electron chi connectivity index (χ1n) is 8.12. The molecule has 4 heterocycles. The first kappa shape index (κ1) is 14.8. The van der Waals surface area contributed by atoms with Crippen LogP contribution in [0.3, 0.4) is 0 Å². The summed E-state index contributed by atoms with van der Waals surface area (Å²) in [6, 6.07) is 3.74. The molecular formula is C16H19N7O. The number of fused-ring (bicyclic) bond motifs is 1. The normalized spacial score (nSPS) is 14.2. The van der Waals surface area contributed by atoms with E-state index in [1.807, 2.05) is 18.3 Å². The van der Waals surface area contributed by atoms with Gasteiger partial charge in [-0.05, 0) is 25.1 Å². The Balaban J connectivity index is 1.61. The third-order valence-corrected chi connectivity index (χ3v) is 4.03. The Hall–Kier alpha value is -2.74. The Kier molecular flexibility index (Phi) is 4.20. The number of rotatable bonds is 5. The molecule has 2 N–H and O–H groups in total. The molecule has 0 unspecified atom stereocenters. The van der Waals surface area contributed by atoms with Crippen LogP contribution in [0.4, 0.5) is 5.82 Å². The minimum absolute atomic E-state index is 0.629. The number of anilines is 1. The van der Waals surface area contributed by atoms with E-state index in [-0.39, 0.29) is 0 Å². The van der Waals surface area contributed by atoms with Crippen molar-refractivity contribution in [2.75, 3.05) is 25.0 Å². The van der Waals surface area contributed by atoms with E-state index in [9.17, 15) is 0 Å². The summed E-state index contributed by atoms with van der Waals surface area (Å²) in [6.45, 7) is 3.32. The predicted octanol–water partition coefficient (Wildman–Crippen LogP) is 1.13. The number of nitrogens with one attached hydrogen (secondary N) is 2. The van der Waals surface area contributed by atoms with Gasteiger partial charge in [0.15, 0.2) is 11.6 Å². The molecule has 0 aromatic carbocycles. The van der Waals surface area contributed by atoms with E-state index < -0.39 is 0 Å². The fourth-order valence-corrected chi connectivity index (χ4v) is 2.85. The van der Waals surface area contributed by atoms with E-state index in [2.05, 4.69) is 20.9 Å². The van der Waals surface area contributed by atoms with Gasteiger partial charge in [-0.3, -0.25) is 4.68 Å². The lowest BCUT2D eigenvalue weighted by Gasteiger charge is -2.14.